The molecule has 5 nitrogen and oxygen atoms in total. The number of rotatable bonds is 4. The fourth-order valence-corrected chi connectivity index (χ4v) is 4.12. The van der Waals surface area contributed by atoms with Gasteiger partial charge in [-0.15, -0.1) is 11.3 Å². The zero-order valence-electron chi connectivity index (χ0n) is 12.3. The molecular weight excluding hydrogens is 288 g/mol. The third-order valence-corrected chi connectivity index (χ3v) is 5.35. The maximum absolute atomic E-state index is 11.2. The molecule has 1 amide bonds. The topological polar surface area (TPSA) is 64.8 Å². The van der Waals surface area contributed by atoms with Gasteiger partial charge in [0.1, 0.15) is 0 Å². The van der Waals surface area contributed by atoms with Gasteiger partial charge >= 0.3 is 0 Å². The Bertz CT molecular complexity index is 511. The summed E-state index contributed by atoms with van der Waals surface area (Å²) >= 11 is 1.60. The molecule has 3 rings (SSSR count). The van der Waals surface area contributed by atoms with Gasteiger partial charge in [-0.3, -0.25) is 9.69 Å². The Morgan fingerprint density at radius 1 is 1.52 bits per heavy atom. The molecule has 0 aromatic carbocycles. The minimum atomic E-state index is -0.424. The van der Waals surface area contributed by atoms with Crippen molar-refractivity contribution in [3.8, 4) is 0 Å². The van der Waals surface area contributed by atoms with Gasteiger partial charge in [-0.25, -0.2) is 0 Å². The Morgan fingerprint density at radius 3 is 2.95 bits per heavy atom. The molecule has 0 radical (unpaired) electrons. The molecule has 1 aromatic heterocycles. The number of primary amides is 1. The monoisotopic (exact) mass is 310 g/mol. The molecule has 0 bridgehead atoms. The summed E-state index contributed by atoms with van der Waals surface area (Å²) in [5, 5.41) is 1.84. The second-order valence-corrected chi connectivity index (χ2v) is 6.95. The molecule has 0 spiro atoms. The fourth-order valence-electron chi connectivity index (χ4n) is 3.21. The average molecular weight is 310 g/mol. The molecule has 2 aliphatic heterocycles. The number of carbonyl (C=O) groups is 1. The highest BCUT2D eigenvalue weighted by Crippen LogP contribution is 2.34. The lowest BCUT2D eigenvalue weighted by molar-refractivity contribution is -0.192. The van der Waals surface area contributed by atoms with Crippen molar-refractivity contribution < 1.29 is 14.3 Å². The molecule has 1 unspecified atom stereocenters. The maximum Gasteiger partial charge on any atom is 0.249 e. The molecule has 2 N–H and O–H groups in total. The fraction of sp³-hybridized carbons (Fsp3) is 0.667. The van der Waals surface area contributed by atoms with Crippen molar-refractivity contribution in [2.75, 3.05) is 26.3 Å². The zero-order chi connectivity index (χ0) is 14.9. The summed E-state index contributed by atoms with van der Waals surface area (Å²) in [4.78, 5) is 14.8. The van der Waals surface area contributed by atoms with Gasteiger partial charge in [-0.2, -0.15) is 0 Å². The second-order valence-electron chi connectivity index (χ2n) is 5.95. The number of carbonyl (C=O) groups excluding carboxylic acids is 1. The lowest BCUT2D eigenvalue weighted by atomic mass is 9.90. The van der Waals surface area contributed by atoms with E-state index in [1.165, 1.54) is 4.88 Å². The number of hydrogen-bond donors (Lipinski definition) is 1. The van der Waals surface area contributed by atoms with Gasteiger partial charge in [0.25, 0.3) is 0 Å². The van der Waals surface area contributed by atoms with Crippen molar-refractivity contribution in [1.29, 1.82) is 0 Å². The van der Waals surface area contributed by atoms with E-state index in [0.29, 0.717) is 24.7 Å². The summed E-state index contributed by atoms with van der Waals surface area (Å²) in [6, 6.07) is 1.90. The molecule has 116 valence electrons. The van der Waals surface area contributed by atoms with E-state index in [0.717, 1.165) is 32.5 Å². The largest absolute Gasteiger partial charge is 0.366 e. The molecule has 1 atom stereocenters. The molecule has 3 heterocycles. The van der Waals surface area contributed by atoms with Crippen LogP contribution in [0.3, 0.4) is 0 Å². The summed E-state index contributed by atoms with van der Waals surface area (Å²) in [6.45, 7) is 6.37. The Labute approximate surface area is 129 Å². The highest BCUT2D eigenvalue weighted by Gasteiger charge is 2.41. The van der Waals surface area contributed by atoms with Gasteiger partial charge in [0.05, 0.1) is 18.8 Å². The van der Waals surface area contributed by atoms with Gasteiger partial charge in [0.15, 0.2) is 5.79 Å². The van der Waals surface area contributed by atoms with E-state index in [1.807, 2.05) is 11.4 Å². The van der Waals surface area contributed by atoms with E-state index in [1.54, 1.807) is 11.3 Å². The molecule has 2 saturated heterocycles. The van der Waals surface area contributed by atoms with Crippen LogP contribution < -0.4 is 5.73 Å². The van der Waals surface area contributed by atoms with Crippen molar-refractivity contribution in [2.45, 2.75) is 32.1 Å². The van der Waals surface area contributed by atoms with Crippen molar-refractivity contribution in [3.63, 3.8) is 0 Å². The highest BCUT2D eigenvalue weighted by atomic mass is 32.1. The second kappa shape index (κ2) is 6.04. The zero-order valence-corrected chi connectivity index (χ0v) is 13.2. The quantitative estimate of drug-likeness (QED) is 0.921. The summed E-state index contributed by atoms with van der Waals surface area (Å²) in [5.41, 5.74) is 5.91. The third kappa shape index (κ3) is 3.29. The van der Waals surface area contributed by atoms with Gasteiger partial charge in [-0.1, -0.05) is 0 Å². The van der Waals surface area contributed by atoms with Crippen LogP contribution in [0.15, 0.2) is 11.4 Å². The van der Waals surface area contributed by atoms with Gasteiger partial charge < -0.3 is 15.2 Å². The molecule has 2 aliphatic rings. The number of thiophene rings is 1. The van der Waals surface area contributed by atoms with Crippen LogP contribution in [0.1, 0.15) is 35.0 Å². The van der Waals surface area contributed by atoms with Crippen LogP contribution in [0.5, 0.6) is 0 Å². The van der Waals surface area contributed by atoms with Gasteiger partial charge in [0, 0.05) is 29.3 Å². The van der Waals surface area contributed by atoms with Crippen LogP contribution >= 0.6 is 11.3 Å². The molecule has 21 heavy (non-hydrogen) atoms. The van der Waals surface area contributed by atoms with Crippen LogP contribution in [-0.4, -0.2) is 42.9 Å². The van der Waals surface area contributed by atoms with E-state index >= 15 is 0 Å². The maximum atomic E-state index is 11.2. The Morgan fingerprint density at radius 2 is 2.29 bits per heavy atom. The summed E-state index contributed by atoms with van der Waals surface area (Å²) in [7, 11) is 0. The normalized spacial score (nSPS) is 26.0. The van der Waals surface area contributed by atoms with E-state index in [9.17, 15) is 4.79 Å². The molecule has 0 aliphatic carbocycles. The Kier molecular flexibility index (Phi) is 4.31. The molecule has 6 heteroatoms. The van der Waals surface area contributed by atoms with Crippen molar-refractivity contribution in [1.82, 2.24) is 4.90 Å². The number of amides is 1. The van der Waals surface area contributed by atoms with Crippen molar-refractivity contribution in [3.05, 3.63) is 21.9 Å². The lowest BCUT2D eigenvalue weighted by Crippen LogP contribution is -2.46. The number of likely N-dealkylation sites (tertiary alicyclic amines) is 1. The minimum Gasteiger partial charge on any atom is -0.366 e. The predicted molar refractivity (Wildman–Crippen MR) is 81.1 cm³/mol. The number of piperidine rings is 1. The SMILES string of the molecule is CC1(C2CCCN(Cc3cc(C(N)=O)cs3)C2)OCCO1. The number of nitrogens with two attached hydrogens (primary N) is 1. The highest BCUT2D eigenvalue weighted by molar-refractivity contribution is 7.10. The standard InChI is InChI=1S/C15H22N2O3S/c1-15(19-5-6-20-15)12-3-2-4-17(8-12)9-13-7-11(10-21-13)14(16)18/h7,10,12H,2-6,8-9H2,1H3,(H2,16,18). The van der Waals surface area contributed by atoms with Crippen LogP contribution in [0.25, 0.3) is 0 Å². The van der Waals surface area contributed by atoms with Crippen molar-refractivity contribution in [2.24, 2.45) is 11.7 Å². The average Bonchev–Trinajstić information content (AvgIpc) is 3.09. The van der Waals surface area contributed by atoms with E-state index in [-0.39, 0.29) is 5.91 Å². The first-order valence-electron chi connectivity index (χ1n) is 7.44. The summed E-state index contributed by atoms with van der Waals surface area (Å²) in [6.07, 6.45) is 2.30. The number of nitrogens with zero attached hydrogens (tertiary/aromatic N) is 1. The first kappa shape index (κ1) is 15.0. The van der Waals surface area contributed by atoms with E-state index < -0.39 is 5.79 Å². The summed E-state index contributed by atoms with van der Waals surface area (Å²) in [5.74, 6) is -0.370. The first-order valence-corrected chi connectivity index (χ1v) is 8.32. The Hall–Kier alpha value is -0.950. The minimum absolute atomic E-state index is 0.353. The molecule has 1 aromatic rings. The van der Waals surface area contributed by atoms with Crippen LogP contribution in [0.2, 0.25) is 0 Å². The predicted octanol–water partition coefficient (Wildman–Crippen LogP) is 1.82. The van der Waals surface area contributed by atoms with E-state index in [2.05, 4.69) is 11.8 Å². The first-order chi connectivity index (χ1) is 10.1. The number of hydrogen-bond acceptors (Lipinski definition) is 5. The van der Waals surface area contributed by atoms with Gasteiger partial charge in [0.2, 0.25) is 5.91 Å². The lowest BCUT2D eigenvalue weighted by Gasteiger charge is -2.39. The van der Waals surface area contributed by atoms with Crippen LogP contribution in [0.4, 0.5) is 0 Å². The summed E-state index contributed by atoms with van der Waals surface area (Å²) < 4.78 is 11.6. The molecular formula is C15H22N2O3S. The van der Waals surface area contributed by atoms with Crippen molar-refractivity contribution >= 4 is 17.2 Å². The van der Waals surface area contributed by atoms with Crippen LogP contribution in [-0.2, 0) is 16.0 Å². The third-order valence-electron chi connectivity index (χ3n) is 4.43. The van der Waals surface area contributed by atoms with E-state index in [4.69, 9.17) is 15.2 Å². The van der Waals surface area contributed by atoms with Crippen LogP contribution in [0, 0.1) is 5.92 Å². The molecule has 2 fully saturated rings. The number of ether oxygens (including phenoxy) is 2. The molecule has 0 saturated carbocycles. The Balaban J connectivity index is 1.61. The smallest absolute Gasteiger partial charge is 0.249 e. The van der Waals surface area contributed by atoms with Gasteiger partial charge in [-0.05, 0) is 32.4 Å².